The van der Waals surface area contributed by atoms with Crippen molar-refractivity contribution in [2.24, 2.45) is 5.92 Å². The zero-order valence-corrected chi connectivity index (χ0v) is 14.4. The molecule has 0 aromatic carbocycles. The Morgan fingerprint density at radius 2 is 1.89 bits per heavy atom. The smallest absolute Gasteiger partial charge is 0.214 e. The molecule has 0 aromatic heterocycles. The van der Waals surface area contributed by atoms with Crippen molar-refractivity contribution in [1.82, 2.24) is 4.72 Å². The summed E-state index contributed by atoms with van der Waals surface area (Å²) >= 11 is 3.36. The predicted molar refractivity (Wildman–Crippen MR) is 80.8 cm³/mol. The van der Waals surface area contributed by atoms with Crippen LogP contribution in [0.2, 0.25) is 0 Å². The molecule has 0 amide bonds. The molecule has 5 nitrogen and oxygen atoms in total. The Morgan fingerprint density at radius 3 is 2.37 bits per heavy atom. The third-order valence-electron chi connectivity index (χ3n) is 3.61. The maximum atomic E-state index is 12.1. The second kappa shape index (κ2) is 7.38. The molecule has 1 atom stereocenters. The number of alkyl halides is 1. The van der Waals surface area contributed by atoms with Crippen molar-refractivity contribution in [2.45, 2.75) is 37.9 Å². The SMILES string of the molecule is CCC(CCBr)CNS(=O)(=O)C1CCS(=O)(=O)CC1. The minimum Gasteiger partial charge on any atom is -0.229 e. The van der Waals surface area contributed by atoms with Crippen molar-refractivity contribution in [3.8, 4) is 0 Å². The third kappa shape index (κ3) is 5.69. The first-order valence-electron chi connectivity index (χ1n) is 6.55. The van der Waals surface area contributed by atoms with Gasteiger partial charge in [0.1, 0.15) is 9.84 Å². The Bertz CT molecular complexity index is 461. The molecule has 114 valence electrons. The number of sulfonamides is 1. The Balaban J connectivity index is 2.52. The van der Waals surface area contributed by atoms with Crippen LogP contribution in [0.4, 0.5) is 0 Å². The fraction of sp³-hybridized carbons (Fsp3) is 1.00. The normalized spacial score (nSPS) is 22.2. The van der Waals surface area contributed by atoms with E-state index in [1.54, 1.807) is 0 Å². The molecule has 0 aliphatic carbocycles. The highest BCUT2D eigenvalue weighted by Crippen LogP contribution is 2.19. The maximum Gasteiger partial charge on any atom is 0.214 e. The van der Waals surface area contributed by atoms with E-state index in [0.29, 0.717) is 12.5 Å². The molecule has 0 bridgehead atoms. The lowest BCUT2D eigenvalue weighted by molar-refractivity contribution is 0.477. The minimum absolute atomic E-state index is 0.0167. The molecule has 1 heterocycles. The molecule has 0 saturated carbocycles. The summed E-state index contributed by atoms with van der Waals surface area (Å²) in [4.78, 5) is 0. The van der Waals surface area contributed by atoms with Gasteiger partial charge in [0.15, 0.2) is 0 Å². The van der Waals surface area contributed by atoms with Crippen molar-refractivity contribution >= 4 is 35.8 Å². The van der Waals surface area contributed by atoms with E-state index in [0.717, 1.165) is 18.2 Å². The van der Waals surface area contributed by atoms with Gasteiger partial charge in [-0.2, -0.15) is 0 Å². The van der Waals surface area contributed by atoms with Crippen LogP contribution in [0.5, 0.6) is 0 Å². The maximum absolute atomic E-state index is 12.1. The van der Waals surface area contributed by atoms with Gasteiger partial charge in [0.05, 0.1) is 16.8 Å². The number of hydrogen-bond acceptors (Lipinski definition) is 4. The Morgan fingerprint density at radius 1 is 1.32 bits per heavy atom. The van der Waals surface area contributed by atoms with Crippen molar-refractivity contribution in [3.05, 3.63) is 0 Å². The predicted octanol–water partition coefficient (Wildman–Crippen LogP) is 1.29. The van der Waals surface area contributed by atoms with Crippen LogP contribution in [0.3, 0.4) is 0 Å². The second-order valence-corrected chi connectivity index (χ2v) is 10.1. The Hall–Kier alpha value is 0.340. The molecule has 1 aliphatic rings. The van der Waals surface area contributed by atoms with Crippen LogP contribution in [0.25, 0.3) is 0 Å². The van der Waals surface area contributed by atoms with Gasteiger partial charge in [0.25, 0.3) is 0 Å². The fourth-order valence-electron chi connectivity index (χ4n) is 2.14. The Labute approximate surface area is 124 Å². The van der Waals surface area contributed by atoms with Crippen LogP contribution in [0, 0.1) is 5.92 Å². The fourth-order valence-corrected chi connectivity index (χ4v) is 6.13. The number of rotatable bonds is 7. The summed E-state index contributed by atoms with van der Waals surface area (Å²) in [7, 11) is -6.41. The van der Waals surface area contributed by atoms with E-state index in [1.165, 1.54) is 0 Å². The molecule has 1 unspecified atom stereocenters. The summed E-state index contributed by atoms with van der Waals surface area (Å²) in [5, 5.41) is 0.298. The highest BCUT2D eigenvalue weighted by molar-refractivity contribution is 9.09. The van der Waals surface area contributed by atoms with Gasteiger partial charge >= 0.3 is 0 Å². The van der Waals surface area contributed by atoms with E-state index in [-0.39, 0.29) is 24.3 Å². The zero-order valence-electron chi connectivity index (χ0n) is 11.1. The summed E-state index contributed by atoms with van der Waals surface area (Å²) in [6, 6.07) is 0. The molecule has 1 N–H and O–H groups in total. The first-order valence-corrected chi connectivity index (χ1v) is 11.0. The second-order valence-electron chi connectivity index (χ2n) is 5.00. The van der Waals surface area contributed by atoms with Gasteiger partial charge < -0.3 is 0 Å². The first-order chi connectivity index (χ1) is 8.80. The summed E-state index contributed by atoms with van der Waals surface area (Å²) in [6.07, 6.45) is 2.28. The summed E-state index contributed by atoms with van der Waals surface area (Å²) in [5.74, 6) is 0.287. The van der Waals surface area contributed by atoms with Gasteiger partial charge in [-0.1, -0.05) is 29.3 Å². The van der Waals surface area contributed by atoms with Crippen LogP contribution < -0.4 is 4.72 Å². The minimum atomic E-state index is -3.39. The van der Waals surface area contributed by atoms with Crippen molar-refractivity contribution in [1.29, 1.82) is 0 Å². The lowest BCUT2D eigenvalue weighted by Crippen LogP contribution is -2.41. The van der Waals surface area contributed by atoms with Gasteiger partial charge in [0.2, 0.25) is 10.0 Å². The molecule has 0 radical (unpaired) electrons. The third-order valence-corrected chi connectivity index (χ3v) is 7.70. The summed E-state index contributed by atoms with van der Waals surface area (Å²) < 4.78 is 49.5. The molecule has 0 aromatic rings. The summed E-state index contributed by atoms with van der Waals surface area (Å²) in [5.41, 5.74) is 0. The Kier molecular flexibility index (Phi) is 6.75. The standard InChI is InChI=1S/C11H22BrNO4S2/c1-2-10(3-6-12)9-13-19(16,17)11-4-7-18(14,15)8-5-11/h10-11,13H,2-9H2,1H3. The number of nitrogens with one attached hydrogen (secondary N) is 1. The number of sulfone groups is 1. The average molecular weight is 376 g/mol. The molecule has 1 rings (SSSR count). The number of halogens is 1. The van der Waals surface area contributed by atoms with Gasteiger partial charge in [-0.05, 0) is 25.2 Å². The monoisotopic (exact) mass is 375 g/mol. The van der Waals surface area contributed by atoms with Crippen molar-refractivity contribution in [2.75, 3.05) is 23.4 Å². The molecular formula is C11H22BrNO4S2. The lowest BCUT2D eigenvalue weighted by atomic mass is 10.0. The van der Waals surface area contributed by atoms with E-state index in [4.69, 9.17) is 0 Å². The molecule has 8 heteroatoms. The molecule has 1 aliphatic heterocycles. The van der Waals surface area contributed by atoms with E-state index >= 15 is 0 Å². The van der Waals surface area contributed by atoms with Gasteiger partial charge in [-0.3, -0.25) is 0 Å². The summed E-state index contributed by atoms with van der Waals surface area (Å²) in [6.45, 7) is 2.47. The van der Waals surface area contributed by atoms with Crippen LogP contribution in [-0.4, -0.2) is 45.5 Å². The van der Waals surface area contributed by atoms with Crippen molar-refractivity contribution in [3.63, 3.8) is 0 Å². The molecule has 1 saturated heterocycles. The van der Waals surface area contributed by atoms with E-state index in [1.807, 2.05) is 6.92 Å². The highest BCUT2D eigenvalue weighted by atomic mass is 79.9. The first kappa shape index (κ1) is 17.4. The van der Waals surface area contributed by atoms with E-state index < -0.39 is 25.1 Å². The van der Waals surface area contributed by atoms with Gasteiger partial charge in [-0.15, -0.1) is 0 Å². The van der Waals surface area contributed by atoms with Crippen LogP contribution in [0.1, 0.15) is 32.6 Å². The highest BCUT2D eigenvalue weighted by Gasteiger charge is 2.32. The van der Waals surface area contributed by atoms with Crippen molar-refractivity contribution < 1.29 is 16.8 Å². The average Bonchev–Trinajstić information content (AvgIpc) is 2.34. The van der Waals surface area contributed by atoms with E-state index in [2.05, 4.69) is 20.7 Å². The van der Waals surface area contributed by atoms with Crippen LogP contribution in [-0.2, 0) is 19.9 Å². The largest absolute Gasteiger partial charge is 0.229 e. The molecular weight excluding hydrogens is 354 g/mol. The molecule has 0 spiro atoms. The topological polar surface area (TPSA) is 80.3 Å². The van der Waals surface area contributed by atoms with Crippen LogP contribution in [0.15, 0.2) is 0 Å². The quantitative estimate of drug-likeness (QED) is 0.679. The molecule has 19 heavy (non-hydrogen) atoms. The lowest BCUT2D eigenvalue weighted by Gasteiger charge is -2.23. The van der Waals surface area contributed by atoms with E-state index in [9.17, 15) is 16.8 Å². The number of hydrogen-bond donors (Lipinski definition) is 1. The molecule has 1 fully saturated rings. The zero-order chi connectivity index (χ0) is 14.5. The van der Waals surface area contributed by atoms with Gasteiger partial charge in [0, 0.05) is 11.9 Å². The van der Waals surface area contributed by atoms with Crippen LogP contribution >= 0.6 is 15.9 Å². The van der Waals surface area contributed by atoms with Gasteiger partial charge in [-0.25, -0.2) is 21.6 Å².